The van der Waals surface area contributed by atoms with Gasteiger partial charge < -0.3 is 9.47 Å². The summed E-state index contributed by atoms with van der Waals surface area (Å²) in [5.41, 5.74) is 3.74. The summed E-state index contributed by atoms with van der Waals surface area (Å²) in [5, 5.41) is 10.1. The van der Waals surface area contributed by atoms with Crippen LogP contribution in [0.2, 0.25) is 0 Å². The average molecular weight is 346 g/mol. The van der Waals surface area contributed by atoms with Gasteiger partial charge in [-0.25, -0.2) is 9.78 Å². The second-order valence-corrected chi connectivity index (χ2v) is 5.85. The molecule has 0 spiro atoms. The summed E-state index contributed by atoms with van der Waals surface area (Å²) in [5.74, 6) is -0.472. The second-order valence-electron chi connectivity index (χ2n) is 5.85. The Kier molecular flexibility index (Phi) is 5.26. The number of aromatic nitrogens is 1. The Morgan fingerprint density at radius 2 is 1.85 bits per heavy atom. The van der Waals surface area contributed by atoms with E-state index in [0.29, 0.717) is 22.4 Å². The topological polar surface area (TPSA) is 72.2 Å². The van der Waals surface area contributed by atoms with Gasteiger partial charge in [0.1, 0.15) is 6.61 Å². The van der Waals surface area contributed by atoms with Crippen LogP contribution in [0.15, 0.2) is 48.5 Å². The van der Waals surface area contributed by atoms with E-state index in [0.717, 1.165) is 16.5 Å². The molecule has 26 heavy (non-hydrogen) atoms. The maximum Gasteiger partial charge on any atom is 0.340 e. The largest absolute Gasteiger partial charge is 0.457 e. The monoisotopic (exact) mass is 346 g/mol. The van der Waals surface area contributed by atoms with E-state index >= 15 is 0 Å². The smallest absolute Gasteiger partial charge is 0.340 e. The zero-order chi connectivity index (χ0) is 18.5. The van der Waals surface area contributed by atoms with E-state index in [1.165, 1.54) is 0 Å². The molecule has 3 aromatic rings. The van der Waals surface area contributed by atoms with Crippen LogP contribution >= 0.6 is 0 Å². The zero-order valence-electron chi connectivity index (χ0n) is 14.7. The lowest BCUT2D eigenvalue weighted by molar-refractivity contribution is 0.0466. The highest BCUT2D eigenvalue weighted by Crippen LogP contribution is 2.24. The molecule has 0 aliphatic heterocycles. The first-order valence-corrected chi connectivity index (χ1v) is 8.18. The summed E-state index contributed by atoms with van der Waals surface area (Å²) in [6, 6.07) is 16.8. The van der Waals surface area contributed by atoms with Crippen LogP contribution in [0.1, 0.15) is 32.7 Å². The molecule has 0 bridgehead atoms. The van der Waals surface area contributed by atoms with Crippen LogP contribution < -0.4 is 0 Å². The first-order chi connectivity index (χ1) is 12.7. The molecular formula is C21H18N2O3. The molecule has 1 aromatic heterocycles. The van der Waals surface area contributed by atoms with E-state index in [4.69, 9.17) is 14.7 Å². The van der Waals surface area contributed by atoms with Gasteiger partial charge in [-0.1, -0.05) is 36.4 Å². The quantitative estimate of drug-likeness (QED) is 0.655. The summed E-state index contributed by atoms with van der Waals surface area (Å²) in [6.45, 7) is 2.12. The summed E-state index contributed by atoms with van der Waals surface area (Å²) >= 11 is 0. The van der Waals surface area contributed by atoms with Crippen molar-refractivity contribution < 1.29 is 14.3 Å². The average Bonchev–Trinajstić information content (AvgIpc) is 2.67. The molecule has 0 fully saturated rings. The lowest BCUT2D eigenvalue weighted by atomic mass is 10.0. The molecule has 0 unspecified atom stereocenters. The van der Waals surface area contributed by atoms with Gasteiger partial charge in [-0.15, -0.1) is 0 Å². The van der Waals surface area contributed by atoms with E-state index in [1.807, 2.05) is 37.3 Å². The van der Waals surface area contributed by atoms with Gasteiger partial charge in [0.25, 0.3) is 0 Å². The van der Waals surface area contributed by atoms with Gasteiger partial charge in [-0.05, 0) is 24.6 Å². The van der Waals surface area contributed by atoms with Gasteiger partial charge in [0, 0.05) is 18.1 Å². The van der Waals surface area contributed by atoms with E-state index in [-0.39, 0.29) is 13.2 Å². The predicted molar refractivity (Wildman–Crippen MR) is 97.5 cm³/mol. The number of benzene rings is 2. The Morgan fingerprint density at radius 1 is 1.12 bits per heavy atom. The van der Waals surface area contributed by atoms with E-state index in [9.17, 15) is 4.79 Å². The summed E-state index contributed by atoms with van der Waals surface area (Å²) < 4.78 is 10.7. The van der Waals surface area contributed by atoms with Gasteiger partial charge in [0.05, 0.1) is 35.0 Å². The van der Waals surface area contributed by atoms with Gasteiger partial charge in [0.15, 0.2) is 0 Å². The molecular weight excluding hydrogens is 328 g/mol. The molecule has 0 N–H and O–H groups in total. The lowest BCUT2D eigenvalue weighted by Gasteiger charge is -2.14. The lowest BCUT2D eigenvalue weighted by Crippen LogP contribution is -2.13. The molecule has 1 heterocycles. The van der Waals surface area contributed by atoms with Crippen molar-refractivity contribution >= 4 is 16.9 Å². The molecule has 0 saturated carbocycles. The van der Waals surface area contributed by atoms with Crippen molar-refractivity contribution in [3.05, 3.63) is 76.5 Å². The van der Waals surface area contributed by atoms with Gasteiger partial charge in [0.2, 0.25) is 0 Å². The van der Waals surface area contributed by atoms with Crippen molar-refractivity contribution in [2.75, 3.05) is 7.11 Å². The van der Waals surface area contributed by atoms with Crippen LogP contribution in [0.4, 0.5) is 0 Å². The van der Waals surface area contributed by atoms with Crippen LogP contribution in [0.3, 0.4) is 0 Å². The minimum absolute atomic E-state index is 0.0290. The molecule has 3 rings (SSSR count). The zero-order valence-corrected chi connectivity index (χ0v) is 14.7. The third kappa shape index (κ3) is 3.41. The number of hydrogen-bond acceptors (Lipinski definition) is 5. The van der Waals surface area contributed by atoms with E-state index < -0.39 is 5.97 Å². The Balaban J connectivity index is 1.95. The first kappa shape index (κ1) is 17.6. The maximum absolute atomic E-state index is 12.8. The SMILES string of the molecule is COCc1nc2ccccc2c(C)c1C(=O)OCc1ccccc1C#N. The Bertz CT molecular complexity index is 1010. The number of esters is 1. The molecule has 0 aliphatic rings. The fourth-order valence-electron chi connectivity index (χ4n) is 2.92. The van der Waals surface area contributed by atoms with Gasteiger partial charge in [-0.3, -0.25) is 0 Å². The van der Waals surface area contributed by atoms with Gasteiger partial charge >= 0.3 is 5.97 Å². The highest BCUT2D eigenvalue weighted by atomic mass is 16.5. The number of fused-ring (bicyclic) bond motifs is 1. The summed E-state index contributed by atoms with van der Waals surface area (Å²) in [4.78, 5) is 17.3. The van der Waals surface area contributed by atoms with Crippen molar-refractivity contribution in [2.24, 2.45) is 0 Å². The molecule has 0 aliphatic carbocycles. The Labute approximate surface area is 151 Å². The van der Waals surface area contributed by atoms with E-state index in [2.05, 4.69) is 11.1 Å². The van der Waals surface area contributed by atoms with Crippen molar-refractivity contribution in [2.45, 2.75) is 20.1 Å². The fourth-order valence-corrected chi connectivity index (χ4v) is 2.92. The number of ether oxygens (including phenoxy) is 2. The number of methoxy groups -OCH3 is 1. The van der Waals surface area contributed by atoms with Crippen LogP contribution in [0, 0.1) is 18.3 Å². The third-order valence-electron chi connectivity index (χ3n) is 4.21. The Morgan fingerprint density at radius 3 is 2.62 bits per heavy atom. The molecule has 0 saturated heterocycles. The number of carbonyl (C=O) groups excluding carboxylic acids is 1. The van der Waals surface area contributed by atoms with Crippen LogP contribution in [0.25, 0.3) is 10.9 Å². The summed E-state index contributed by atoms with van der Waals surface area (Å²) in [7, 11) is 1.56. The number of rotatable bonds is 5. The predicted octanol–water partition coefficient (Wildman–Crippen LogP) is 3.92. The molecule has 5 nitrogen and oxygen atoms in total. The molecule has 2 aromatic carbocycles. The van der Waals surface area contributed by atoms with Crippen LogP contribution in [0.5, 0.6) is 0 Å². The normalized spacial score (nSPS) is 10.5. The number of nitrogens with zero attached hydrogens (tertiary/aromatic N) is 2. The minimum Gasteiger partial charge on any atom is -0.457 e. The molecule has 130 valence electrons. The second kappa shape index (κ2) is 7.77. The maximum atomic E-state index is 12.8. The highest BCUT2D eigenvalue weighted by Gasteiger charge is 2.20. The number of carbonyl (C=O) groups is 1. The molecule has 0 amide bonds. The summed E-state index contributed by atoms with van der Waals surface area (Å²) in [6.07, 6.45) is 0. The third-order valence-corrected chi connectivity index (χ3v) is 4.21. The standard InChI is InChI=1S/C21H18N2O3/c1-14-17-9-5-6-10-18(17)23-19(13-25-2)20(14)21(24)26-12-16-8-4-3-7-15(16)11-22/h3-10H,12-13H2,1-2H3. The van der Waals surface area contributed by atoms with Crippen molar-refractivity contribution in [3.8, 4) is 6.07 Å². The number of aryl methyl sites for hydroxylation is 1. The molecule has 5 heteroatoms. The van der Waals surface area contributed by atoms with Crippen molar-refractivity contribution in [1.29, 1.82) is 5.26 Å². The fraction of sp³-hybridized carbons (Fsp3) is 0.190. The van der Waals surface area contributed by atoms with Crippen LogP contribution in [-0.2, 0) is 22.7 Å². The van der Waals surface area contributed by atoms with Crippen LogP contribution in [-0.4, -0.2) is 18.1 Å². The minimum atomic E-state index is -0.472. The van der Waals surface area contributed by atoms with Crippen molar-refractivity contribution in [1.82, 2.24) is 4.98 Å². The molecule has 0 atom stereocenters. The van der Waals surface area contributed by atoms with Crippen molar-refractivity contribution in [3.63, 3.8) is 0 Å². The van der Waals surface area contributed by atoms with Gasteiger partial charge in [-0.2, -0.15) is 5.26 Å². The number of hydrogen-bond donors (Lipinski definition) is 0. The Hall–Kier alpha value is -3.23. The highest BCUT2D eigenvalue weighted by molar-refractivity contribution is 5.98. The molecule has 0 radical (unpaired) electrons. The number of nitriles is 1. The first-order valence-electron chi connectivity index (χ1n) is 8.18. The van der Waals surface area contributed by atoms with E-state index in [1.54, 1.807) is 25.3 Å². The number of para-hydroxylation sites is 1. The number of pyridine rings is 1.